The number of hydrogen-bond acceptors (Lipinski definition) is 6. The minimum Gasteiger partial charge on any atom is -0.475 e. The highest BCUT2D eigenvalue weighted by molar-refractivity contribution is 5.97. The number of nitrogens with zero attached hydrogens (tertiary/aromatic N) is 3. The molecule has 4 rings (SSSR count). The van der Waals surface area contributed by atoms with Gasteiger partial charge in [0.2, 0.25) is 5.91 Å². The minimum absolute atomic E-state index is 0.0232. The largest absolute Gasteiger partial charge is 0.490 e. The topological polar surface area (TPSA) is 133 Å². The lowest BCUT2D eigenvalue weighted by molar-refractivity contribution is -0.192. The maximum Gasteiger partial charge on any atom is 0.490 e. The smallest absolute Gasteiger partial charge is 0.475 e. The first-order valence-corrected chi connectivity index (χ1v) is 12.5. The summed E-state index contributed by atoms with van der Waals surface area (Å²) in [4.78, 5) is 49.9. The van der Waals surface area contributed by atoms with E-state index in [0.29, 0.717) is 43.0 Å². The number of rotatable bonds is 4. The molecule has 2 saturated heterocycles. The normalized spacial score (nSPS) is 19.6. The summed E-state index contributed by atoms with van der Waals surface area (Å²) in [5.41, 5.74) is 2.37. The Bertz CT molecular complexity index is 1320. The predicted octanol–water partition coefficient (Wildman–Crippen LogP) is 2.60. The number of nitrogens with one attached hydrogen (secondary N) is 1. The monoisotopic (exact) mass is 570 g/mol. The molecule has 2 aliphatic rings. The lowest BCUT2D eigenvalue weighted by atomic mass is 10.0. The maximum absolute atomic E-state index is 14.6. The molecule has 2 aliphatic heterocycles. The van der Waals surface area contributed by atoms with E-state index in [0.717, 1.165) is 18.4 Å². The first kappa shape index (κ1) is 30.7. The Balaban J connectivity index is 0.000000559. The third-order valence-corrected chi connectivity index (χ3v) is 6.89. The van der Waals surface area contributed by atoms with Crippen LogP contribution in [0, 0.1) is 19.7 Å². The van der Waals surface area contributed by atoms with E-state index in [2.05, 4.69) is 10.2 Å². The number of carboxylic acid groups (broad SMARTS) is 1. The number of carbonyl (C=O) groups excluding carboxylic acids is 2. The molecule has 218 valence electrons. The van der Waals surface area contributed by atoms with E-state index in [-0.39, 0.29) is 35.7 Å². The van der Waals surface area contributed by atoms with Gasteiger partial charge in [0.1, 0.15) is 12.4 Å². The van der Waals surface area contributed by atoms with Gasteiger partial charge >= 0.3 is 12.1 Å². The molecule has 0 aliphatic carbocycles. The number of carbonyl (C=O) groups is 3. The molecule has 1 aromatic heterocycles. The highest BCUT2D eigenvalue weighted by Crippen LogP contribution is 2.23. The zero-order valence-corrected chi connectivity index (χ0v) is 22.2. The summed E-state index contributed by atoms with van der Waals surface area (Å²) in [5.74, 6) is -4.03. The summed E-state index contributed by atoms with van der Waals surface area (Å²) < 4.78 is 51.9. The van der Waals surface area contributed by atoms with Crippen LogP contribution in [0.4, 0.5) is 17.6 Å². The van der Waals surface area contributed by atoms with Gasteiger partial charge in [-0.3, -0.25) is 14.4 Å². The van der Waals surface area contributed by atoms with Crippen molar-refractivity contribution in [3.05, 3.63) is 62.3 Å². The van der Waals surface area contributed by atoms with Crippen molar-refractivity contribution < 1.29 is 41.8 Å². The van der Waals surface area contributed by atoms with Crippen molar-refractivity contribution in [3.8, 4) is 0 Å². The van der Waals surface area contributed by atoms with E-state index < -0.39 is 23.9 Å². The van der Waals surface area contributed by atoms with E-state index in [1.807, 2.05) is 18.7 Å². The van der Waals surface area contributed by atoms with Crippen LogP contribution in [0.5, 0.6) is 0 Å². The van der Waals surface area contributed by atoms with E-state index >= 15 is 0 Å². The van der Waals surface area contributed by atoms with Gasteiger partial charge in [0.05, 0.1) is 23.9 Å². The predicted molar refractivity (Wildman–Crippen MR) is 133 cm³/mol. The van der Waals surface area contributed by atoms with Crippen LogP contribution in [0.25, 0.3) is 0 Å². The van der Waals surface area contributed by atoms with Crippen molar-refractivity contribution in [2.24, 2.45) is 0 Å². The van der Waals surface area contributed by atoms with Crippen molar-refractivity contribution in [3.63, 3.8) is 0 Å². The van der Waals surface area contributed by atoms with Crippen molar-refractivity contribution in [1.29, 1.82) is 0 Å². The van der Waals surface area contributed by atoms with Gasteiger partial charge in [0.25, 0.3) is 11.5 Å². The second kappa shape index (κ2) is 12.6. The Labute approximate surface area is 226 Å². The van der Waals surface area contributed by atoms with Gasteiger partial charge in [0, 0.05) is 31.2 Å². The first-order chi connectivity index (χ1) is 18.7. The summed E-state index contributed by atoms with van der Waals surface area (Å²) in [5, 5.41) is 13.7. The average Bonchev–Trinajstić information content (AvgIpc) is 2.89. The number of aromatic amines is 1. The van der Waals surface area contributed by atoms with Gasteiger partial charge in [0.15, 0.2) is 0 Å². The summed E-state index contributed by atoms with van der Waals surface area (Å²) >= 11 is 0. The molecule has 2 atom stereocenters. The summed E-state index contributed by atoms with van der Waals surface area (Å²) in [6.07, 6.45) is -2.95. The molecule has 1 aromatic carbocycles. The lowest BCUT2D eigenvalue weighted by Gasteiger charge is -2.44. The minimum atomic E-state index is -5.08. The highest BCUT2D eigenvalue weighted by Gasteiger charge is 2.39. The number of benzene rings is 1. The van der Waals surface area contributed by atoms with Crippen LogP contribution in [0.15, 0.2) is 23.0 Å². The van der Waals surface area contributed by atoms with Crippen LogP contribution in [0.2, 0.25) is 0 Å². The third-order valence-electron chi connectivity index (χ3n) is 6.89. The number of H-pyrrole nitrogens is 1. The van der Waals surface area contributed by atoms with Crippen LogP contribution in [-0.2, 0) is 20.7 Å². The van der Waals surface area contributed by atoms with Crippen molar-refractivity contribution in [2.75, 3.05) is 26.3 Å². The van der Waals surface area contributed by atoms with Gasteiger partial charge in [-0.1, -0.05) is 6.07 Å². The van der Waals surface area contributed by atoms with Crippen LogP contribution in [0.3, 0.4) is 0 Å². The number of halogens is 4. The Kier molecular flexibility index (Phi) is 9.66. The number of ether oxygens (including phenoxy) is 1. The highest BCUT2D eigenvalue weighted by atomic mass is 19.4. The van der Waals surface area contributed by atoms with E-state index in [4.69, 9.17) is 14.6 Å². The molecule has 3 heterocycles. The number of alkyl halides is 3. The summed E-state index contributed by atoms with van der Waals surface area (Å²) in [7, 11) is 0. The molecule has 0 saturated carbocycles. The second-order valence-electron chi connectivity index (χ2n) is 9.75. The molecular formula is C26H30F4N4O6. The fourth-order valence-electron chi connectivity index (χ4n) is 4.68. The molecule has 2 unspecified atom stereocenters. The van der Waals surface area contributed by atoms with Crippen LogP contribution >= 0.6 is 0 Å². The molecule has 2 amide bonds. The molecule has 0 spiro atoms. The maximum atomic E-state index is 14.6. The Morgan fingerprint density at radius 3 is 2.45 bits per heavy atom. The first-order valence-electron chi connectivity index (χ1n) is 12.5. The van der Waals surface area contributed by atoms with E-state index in [9.17, 15) is 31.9 Å². The fourth-order valence-corrected chi connectivity index (χ4v) is 4.68. The second-order valence-corrected chi connectivity index (χ2v) is 9.75. The van der Waals surface area contributed by atoms with Crippen molar-refractivity contribution in [1.82, 2.24) is 20.0 Å². The summed E-state index contributed by atoms with van der Waals surface area (Å²) in [6.45, 7) is 6.92. The average molecular weight is 571 g/mol. The molecule has 2 fully saturated rings. The van der Waals surface area contributed by atoms with Crippen LogP contribution in [0.1, 0.15) is 52.5 Å². The van der Waals surface area contributed by atoms with Crippen LogP contribution < -0.4 is 5.56 Å². The molecular weight excluding hydrogens is 540 g/mol. The number of aromatic nitrogens is 2. The molecule has 40 heavy (non-hydrogen) atoms. The molecule has 0 radical (unpaired) electrons. The van der Waals surface area contributed by atoms with Gasteiger partial charge in [-0.15, -0.1) is 0 Å². The number of aliphatic carboxylic acids is 1. The SMILES string of the molecule is Cc1c(Cc2ccc(F)c(C(=O)N3CC(=O)N(C4CCCOC4)C(C)C3)c2)n[nH]c(=O)c1C.O=C(O)C(F)(F)F. The van der Waals surface area contributed by atoms with E-state index in [1.165, 1.54) is 17.0 Å². The zero-order valence-electron chi connectivity index (χ0n) is 22.2. The lowest BCUT2D eigenvalue weighted by Crippen LogP contribution is -2.61. The van der Waals surface area contributed by atoms with Gasteiger partial charge in [-0.05, 0) is 56.9 Å². The van der Waals surface area contributed by atoms with Crippen molar-refractivity contribution in [2.45, 2.75) is 58.3 Å². The number of amides is 2. The van der Waals surface area contributed by atoms with Crippen LogP contribution in [-0.4, -0.2) is 87.5 Å². The Morgan fingerprint density at radius 1 is 1.20 bits per heavy atom. The van der Waals surface area contributed by atoms with Gasteiger partial charge < -0.3 is 19.6 Å². The molecule has 14 heteroatoms. The molecule has 10 nitrogen and oxygen atoms in total. The molecule has 2 aromatic rings. The quantitative estimate of drug-likeness (QED) is 0.540. The molecule has 0 bridgehead atoms. The fraction of sp³-hybridized carbons (Fsp3) is 0.500. The third kappa shape index (κ3) is 7.23. The number of piperazine rings is 1. The zero-order chi connectivity index (χ0) is 29.8. The standard InChI is InChI=1S/C24H29FN4O4.C2HF3O2/c1-14-11-28(12-22(30)29(14)18-5-4-8-33-13-18)24(32)19-9-17(6-7-20(19)25)10-21-15(2)16(3)23(31)27-26-21;3-2(4,5)1(6)7/h6-7,9,14,18H,4-5,8,10-13H2,1-3H3,(H,27,31);(H,6,7). The Hall–Kier alpha value is -3.81. The van der Waals surface area contributed by atoms with E-state index in [1.54, 1.807) is 13.0 Å². The number of hydrogen-bond donors (Lipinski definition) is 2. The number of carboxylic acids is 1. The molecule has 2 N–H and O–H groups in total. The summed E-state index contributed by atoms with van der Waals surface area (Å²) in [6, 6.07) is 4.22. The Morgan fingerprint density at radius 2 is 1.88 bits per heavy atom. The van der Waals surface area contributed by atoms with Gasteiger partial charge in [-0.25, -0.2) is 14.3 Å². The van der Waals surface area contributed by atoms with Crippen molar-refractivity contribution >= 4 is 17.8 Å². The van der Waals surface area contributed by atoms with Gasteiger partial charge in [-0.2, -0.15) is 18.3 Å².